The zero-order valence-electron chi connectivity index (χ0n) is 18.4. The summed E-state index contributed by atoms with van der Waals surface area (Å²) in [6, 6.07) is 0. The highest BCUT2D eigenvalue weighted by atomic mass is 35.5. The van der Waals surface area contributed by atoms with Crippen molar-refractivity contribution < 1.29 is 14.4 Å². The van der Waals surface area contributed by atoms with Crippen molar-refractivity contribution in [2.75, 3.05) is 19.7 Å². The van der Waals surface area contributed by atoms with E-state index in [2.05, 4.69) is 24.3 Å². The fourth-order valence-electron chi connectivity index (χ4n) is 7.77. The van der Waals surface area contributed by atoms with Gasteiger partial charge in [-0.05, 0) is 80.0 Å². The van der Waals surface area contributed by atoms with E-state index in [1.165, 1.54) is 6.42 Å². The van der Waals surface area contributed by atoms with Crippen LogP contribution in [0.2, 0.25) is 0 Å². The highest BCUT2D eigenvalue weighted by molar-refractivity contribution is 5.87. The van der Waals surface area contributed by atoms with Crippen LogP contribution in [0.4, 0.5) is 0 Å². The number of nitrogens with zero attached hydrogens (tertiary/aromatic N) is 1. The molecule has 0 saturated heterocycles. The molecule has 30 heavy (non-hydrogen) atoms. The number of halogens is 1. The minimum Gasteiger partial charge on any atom is -0.395 e. The van der Waals surface area contributed by atoms with Crippen LogP contribution in [0.15, 0.2) is 5.16 Å². The molecule has 0 aromatic heterocycles. The van der Waals surface area contributed by atoms with Crippen LogP contribution in [0.25, 0.3) is 0 Å². The first-order valence-electron chi connectivity index (χ1n) is 11.5. The zero-order valence-corrected chi connectivity index (χ0v) is 19.2. The summed E-state index contributed by atoms with van der Waals surface area (Å²) >= 11 is 0. The third-order valence-electron chi connectivity index (χ3n) is 9.26. The quantitative estimate of drug-likeness (QED) is 0.377. The molecule has 0 radical (unpaired) electrons. The first-order valence-corrected chi connectivity index (χ1v) is 11.5. The van der Waals surface area contributed by atoms with E-state index in [1.807, 2.05) is 0 Å². The van der Waals surface area contributed by atoms with E-state index < -0.39 is 0 Å². The summed E-state index contributed by atoms with van der Waals surface area (Å²) in [7, 11) is 0. The lowest BCUT2D eigenvalue weighted by Gasteiger charge is -2.61. The number of nitrogens with one attached hydrogen (secondary N) is 1. The summed E-state index contributed by atoms with van der Waals surface area (Å²) in [5, 5.41) is 7.36. The number of amides is 1. The normalized spacial score (nSPS) is 43.8. The standard InChI is InChI=1S/C23H37N3O3.ClH/c1-22-7-5-16(26-29-10-9-24)12-20(22)15(13-25-14-27)11-17-18-3-4-21(28)23(18,2)8-6-19(17)22;/h14-15,17-20H,3-13,24H2,1-2H3,(H,25,27);1H/t15-,17+,18+,19+,20?,22-,23+;/m1./s1. The number of carbonyl (C=O) groups excluding carboxylic acids is 2. The molecule has 4 fully saturated rings. The molecule has 4 aliphatic carbocycles. The van der Waals surface area contributed by atoms with Crippen molar-refractivity contribution in [3.63, 3.8) is 0 Å². The second-order valence-corrected chi connectivity index (χ2v) is 10.4. The molecule has 170 valence electrons. The summed E-state index contributed by atoms with van der Waals surface area (Å²) in [6.45, 7) is 6.38. The second kappa shape index (κ2) is 9.15. The van der Waals surface area contributed by atoms with Crippen LogP contribution >= 0.6 is 12.4 Å². The van der Waals surface area contributed by atoms with Crippen molar-refractivity contribution in [2.45, 2.75) is 65.2 Å². The van der Waals surface area contributed by atoms with Gasteiger partial charge in [-0.3, -0.25) is 9.59 Å². The maximum absolute atomic E-state index is 12.7. The Morgan fingerprint density at radius 1 is 1.20 bits per heavy atom. The summed E-state index contributed by atoms with van der Waals surface area (Å²) in [6.07, 6.45) is 9.05. The smallest absolute Gasteiger partial charge is 0.207 e. The maximum atomic E-state index is 12.7. The molecule has 0 heterocycles. The number of carbonyl (C=O) groups is 2. The predicted octanol–water partition coefficient (Wildman–Crippen LogP) is 3.32. The molecule has 0 aromatic rings. The van der Waals surface area contributed by atoms with Crippen molar-refractivity contribution in [2.24, 2.45) is 51.3 Å². The van der Waals surface area contributed by atoms with Crippen molar-refractivity contribution in [3.8, 4) is 0 Å². The van der Waals surface area contributed by atoms with E-state index in [-0.39, 0.29) is 23.2 Å². The Hall–Kier alpha value is -1.14. The van der Waals surface area contributed by atoms with Crippen LogP contribution in [-0.2, 0) is 14.4 Å². The van der Waals surface area contributed by atoms with E-state index in [1.54, 1.807) is 0 Å². The summed E-state index contributed by atoms with van der Waals surface area (Å²) in [4.78, 5) is 29.2. The van der Waals surface area contributed by atoms with Gasteiger partial charge in [0, 0.05) is 24.9 Å². The number of hydrogen-bond donors (Lipinski definition) is 2. The van der Waals surface area contributed by atoms with Crippen LogP contribution in [0.1, 0.15) is 65.2 Å². The van der Waals surface area contributed by atoms with E-state index in [0.29, 0.717) is 48.5 Å². The topological polar surface area (TPSA) is 93.8 Å². The number of ketones is 1. The Bertz CT molecular complexity index is 687. The SMILES string of the molecule is C[C@]12CCC(=NOCCN)CC1[C@@H](CNC=O)C[C@@H]1[C@@H]2CC[C@]2(C)C(=O)CC[C@@H]12.Cl. The van der Waals surface area contributed by atoms with Gasteiger partial charge < -0.3 is 15.9 Å². The molecule has 0 aromatic carbocycles. The molecule has 3 N–H and O–H groups in total. The third-order valence-corrected chi connectivity index (χ3v) is 9.26. The maximum Gasteiger partial charge on any atom is 0.207 e. The number of rotatable bonds is 6. The van der Waals surface area contributed by atoms with Crippen LogP contribution in [0, 0.1) is 40.4 Å². The van der Waals surface area contributed by atoms with Crippen molar-refractivity contribution in [3.05, 3.63) is 0 Å². The van der Waals surface area contributed by atoms with Gasteiger partial charge in [0.05, 0.1) is 5.71 Å². The van der Waals surface area contributed by atoms with Gasteiger partial charge in [-0.2, -0.15) is 0 Å². The van der Waals surface area contributed by atoms with Gasteiger partial charge in [-0.15, -0.1) is 12.4 Å². The van der Waals surface area contributed by atoms with Gasteiger partial charge in [-0.1, -0.05) is 19.0 Å². The van der Waals surface area contributed by atoms with E-state index in [0.717, 1.165) is 63.6 Å². The average Bonchev–Trinajstić information content (AvgIpc) is 3.01. The monoisotopic (exact) mass is 439 g/mol. The van der Waals surface area contributed by atoms with Gasteiger partial charge in [-0.25, -0.2) is 0 Å². The van der Waals surface area contributed by atoms with Crippen molar-refractivity contribution in [1.29, 1.82) is 0 Å². The number of Topliss-reactive ketones (excluding diaryl/α,β-unsaturated/α-hetero) is 1. The Morgan fingerprint density at radius 3 is 2.73 bits per heavy atom. The lowest BCUT2D eigenvalue weighted by Crippen LogP contribution is -2.57. The van der Waals surface area contributed by atoms with E-state index in [4.69, 9.17) is 10.6 Å². The minimum atomic E-state index is -0.107. The minimum absolute atomic E-state index is 0. The van der Waals surface area contributed by atoms with Gasteiger partial charge in [0.1, 0.15) is 12.4 Å². The van der Waals surface area contributed by atoms with Crippen molar-refractivity contribution in [1.82, 2.24) is 5.32 Å². The summed E-state index contributed by atoms with van der Waals surface area (Å²) < 4.78 is 0. The molecule has 6 nitrogen and oxygen atoms in total. The molecule has 4 saturated carbocycles. The van der Waals surface area contributed by atoms with Gasteiger partial charge >= 0.3 is 0 Å². The first kappa shape index (κ1) is 23.5. The Kier molecular flexibility index (Phi) is 7.18. The lowest BCUT2D eigenvalue weighted by molar-refractivity contribution is -0.142. The van der Waals surface area contributed by atoms with Gasteiger partial charge in [0.2, 0.25) is 6.41 Å². The molecular weight excluding hydrogens is 402 g/mol. The fraction of sp³-hybridized carbons (Fsp3) is 0.870. The average molecular weight is 440 g/mol. The Morgan fingerprint density at radius 2 is 2.00 bits per heavy atom. The molecule has 1 unspecified atom stereocenters. The van der Waals surface area contributed by atoms with Crippen LogP contribution in [0.3, 0.4) is 0 Å². The number of nitrogens with two attached hydrogens (primary N) is 1. The largest absolute Gasteiger partial charge is 0.395 e. The molecule has 7 atom stereocenters. The molecule has 4 aliphatic rings. The molecule has 0 bridgehead atoms. The second-order valence-electron chi connectivity index (χ2n) is 10.4. The number of fused-ring (bicyclic) bond motifs is 5. The van der Waals surface area contributed by atoms with Gasteiger partial charge in [0.15, 0.2) is 0 Å². The molecule has 0 aliphatic heterocycles. The number of oxime groups is 1. The van der Waals surface area contributed by atoms with Gasteiger partial charge in [0.25, 0.3) is 0 Å². The fourth-order valence-corrected chi connectivity index (χ4v) is 7.77. The van der Waals surface area contributed by atoms with Crippen LogP contribution < -0.4 is 11.1 Å². The lowest BCUT2D eigenvalue weighted by atomic mass is 9.43. The Balaban J connectivity index is 0.00000256. The van der Waals surface area contributed by atoms with Crippen LogP contribution in [-0.4, -0.2) is 37.6 Å². The molecule has 4 rings (SSSR count). The molecule has 1 amide bonds. The summed E-state index contributed by atoms with van der Waals surface area (Å²) in [5.41, 5.74) is 6.81. The zero-order chi connectivity index (χ0) is 20.6. The van der Waals surface area contributed by atoms with Crippen LogP contribution in [0.5, 0.6) is 0 Å². The third kappa shape index (κ3) is 3.79. The highest BCUT2D eigenvalue weighted by Crippen LogP contribution is 2.66. The molecular formula is C23H38ClN3O3. The first-order chi connectivity index (χ1) is 13.9. The highest BCUT2D eigenvalue weighted by Gasteiger charge is 2.61. The Labute approximate surface area is 186 Å². The van der Waals surface area contributed by atoms with Crippen molar-refractivity contribution >= 4 is 30.3 Å². The molecule has 0 spiro atoms. The van der Waals surface area contributed by atoms with E-state index >= 15 is 0 Å². The number of hydrogen-bond acceptors (Lipinski definition) is 5. The molecule has 7 heteroatoms. The summed E-state index contributed by atoms with van der Waals surface area (Å²) in [5.74, 6) is 3.23. The predicted molar refractivity (Wildman–Crippen MR) is 119 cm³/mol. The van der Waals surface area contributed by atoms with E-state index in [9.17, 15) is 9.59 Å².